The summed E-state index contributed by atoms with van der Waals surface area (Å²) in [5.41, 5.74) is 1.91. The highest BCUT2D eigenvalue weighted by Gasteiger charge is 2.21. The van der Waals surface area contributed by atoms with E-state index < -0.39 is 0 Å². The summed E-state index contributed by atoms with van der Waals surface area (Å²) in [6.45, 7) is 5.28. The molecule has 1 fully saturated rings. The Morgan fingerprint density at radius 1 is 1.31 bits per heavy atom. The molecule has 1 amide bonds. The molecular formula is C21H24BrClN2O4. The summed E-state index contributed by atoms with van der Waals surface area (Å²) in [6, 6.07) is 8.88. The molecule has 0 spiro atoms. The zero-order chi connectivity index (χ0) is 20.8. The van der Waals surface area contributed by atoms with Gasteiger partial charge in [0.05, 0.1) is 47.8 Å². The molecule has 0 aliphatic carbocycles. The number of amides is 1. The highest BCUT2D eigenvalue weighted by atomic mass is 79.9. The fourth-order valence-electron chi connectivity index (χ4n) is 3.11. The lowest BCUT2D eigenvalue weighted by molar-refractivity contribution is 0.102. The van der Waals surface area contributed by atoms with Crippen LogP contribution in [-0.2, 0) is 4.74 Å². The number of hydrogen-bond donors (Lipinski definition) is 1. The number of nitrogens with zero attached hydrogens (tertiary/aromatic N) is 1. The summed E-state index contributed by atoms with van der Waals surface area (Å²) < 4.78 is 17.2. The molecule has 0 atom stereocenters. The number of carbonyl (C=O) groups is 1. The number of methoxy groups -OCH3 is 1. The first kappa shape index (κ1) is 21.7. The summed E-state index contributed by atoms with van der Waals surface area (Å²) in [4.78, 5) is 15.1. The molecule has 0 radical (unpaired) electrons. The SMILES string of the molecule is CCCOc1c(Br)cc(C(=O)Nc2cccc(Cl)c2N2CCOCC2)cc1OC. The summed E-state index contributed by atoms with van der Waals surface area (Å²) in [5.74, 6) is 0.822. The Balaban J connectivity index is 1.87. The average Bonchev–Trinajstić information content (AvgIpc) is 2.73. The van der Waals surface area contributed by atoms with Gasteiger partial charge in [-0.2, -0.15) is 0 Å². The van der Waals surface area contributed by atoms with Gasteiger partial charge in [0.1, 0.15) is 0 Å². The first-order valence-corrected chi connectivity index (χ1v) is 10.6. The topological polar surface area (TPSA) is 60.0 Å². The van der Waals surface area contributed by atoms with Crippen molar-refractivity contribution in [2.45, 2.75) is 13.3 Å². The number of hydrogen-bond acceptors (Lipinski definition) is 5. The van der Waals surface area contributed by atoms with Crippen molar-refractivity contribution in [3.8, 4) is 11.5 Å². The molecule has 1 aliphatic heterocycles. The minimum absolute atomic E-state index is 0.261. The minimum atomic E-state index is -0.261. The van der Waals surface area contributed by atoms with Crippen LogP contribution in [0.3, 0.4) is 0 Å². The van der Waals surface area contributed by atoms with E-state index in [0.717, 1.165) is 25.2 Å². The van der Waals surface area contributed by atoms with Crippen molar-refractivity contribution in [1.82, 2.24) is 0 Å². The second kappa shape index (κ2) is 10.2. The molecule has 1 N–H and O–H groups in total. The summed E-state index contributed by atoms with van der Waals surface area (Å²) in [6.07, 6.45) is 0.872. The van der Waals surface area contributed by atoms with Crippen LogP contribution < -0.4 is 19.7 Å². The van der Waals surface area contributed by atoms with E-state index in [4.69, 9.17) is 25.8 Å². The van der Waals surface area contributed by atoms with Crippen LogP contribution in [0.15, 0.2) is 34.8 Å². The number of anilines is 2. The van der Waals surface area contributed by atoms with Crippen molar-refractivity contribution in [2.75, 3.05) is 50.2 Å². The Morgan fingerprint density at radius 3 is 2.76 bits per heavy atom. The van der Waals surface area contributed by atoms with Crippen molar-refractivity contribution >= 4 is 44.8 Å². The number of halogens is 2. The Labute approximate surface area is 184 Å². The lowest BCUT2D eigenvalue weighted by Crippen LogP contribution is -2.37. The third kappa shape index (κ3) is 5.15. The highest BCUT2D eigenvalue weighted by molar-refractivity contribution is 9.10. The standard InChI is InChI=1S/C21H24BrClN2O4/c1-3-9-29-20-15(22)12-14(13-18(20)27-2)21(26)24-17-6-4-5-16(23)19(17)25-7-10-28-11-8-25/h4-6,12-13H,3,7-11H2,1-2H3,(H,24,26). The molecule has 2 aromatic carbocycles. The number of ether oxygens (including phenoxy) is 3. The average molecular weight is 484 g/mol. The molecule has 29 heavy (non-hydrogen) atoms. The normalized spacial score (nSPS) is 13.9. The van der Waals surface area contributed by atoms with Crippen LogP contribution in [-0.4, -0.2) is 45.9 Å². The predicted molar refractivity (Wildman–Crippen MR) is 119 cm³/mol. The van der Waals surface area contributed by atoms with Gasteiger partial charge in [-0.25, -0.2) is 0 Å². The molecule has 0 bridgehead atoms. The van der Waals surface area contributed by atoms with E-state index in [1.54, 1.807) is 19.2 Å². The molecule has 3 rings (SSSR count). The third-order valence-corrected chi connectivity index (χ3v) is 5.40. The lowest BCUT2D eigenvalue weighted by Gasteiger charge is -2.31. The van der Waals surface area contributed by atoms with Gasteiger partial charge in [0.15, 0.2) is 11.5 Å². The Hall–Kier alpha value is -1.96. The molecule has 6 nitrogen and oxygen atoms in total. The van der Waals surface area contributed by atoms with Gasteiger partial charge in [-0.1, -0.05) is 24.6 Å². The van der Waals surface area contributed by atoms with E-state index in [1.807, 2.05) is 25.1 Å². The van der Waals surface area contributed by atoms with Gasteiger partial charge in [0.2, 0.25) is 0 Å². The monoisotopic (exact) mass is 482 g/mol. The van der Waals surface area contributed by atoms with Crippen molar-refractivity contribution in [3.63, 3.8) is 0 Å². The zero-order valence-electron chi connectivity index (χ0n) is 16.5. The van der Waals surface area contributed by atoms with Crippen LogP contribution in [0.5, 0.6) is 11.5 Å². The van der Waals surface area contributed by atoms with E-state index in [0.29, 0.717) is 52.1 Å². The molecule has 8 heteroatoms. The van der Waals surface area contributed by atoms with Crippen molar-refractivity contribution < 1.29 is 19.0 Å². The predicted octanol–water partition coefficient (Wildman–Crippen LogP) is 4.99. The molecule has 156 valence electrons. The Morgan fingerprint density at radius 2 is 2.07 bits per heavy atom. The van der Waals surface area contributed by atoms with Gasteiger partial charge in [0.25, 0.3) is 5.91 Å². The fraction of sp³-hybridized carbons (Fsp3) is 0.381. The van der Waals surface area contributed by atoms with Crippen LogP contribution in [0.2, 0.25) is 5.02 Å². The fourth-order valence-corrected chi connectivity index (χ4v) is 3.96. The number of carbonyl (C=O) groups excluding carboxylic acids is 1. The van der Waals surface area contributed by atoms with Crippen LogP contribution >= 0.6 is 27.5 Å². The largest absolute Gasteiger partial charge is 0.493 e. The molecular weight excluding hydrogens is 460 g/mol. The summed E-state index contributed by atoms with van der Waals surface area (Å²) >= 11 is 9.94. The summed E-state index contributed by atoms with van der Waals surface area (Å²) in [7, 11) is 1.55. The van der Waals surface area contributed by atoms with Crippen molar-refractivity contribution in [1.29, 1.82) is 0 Å². The number of benzene rings is 2. The lowest BCUT2D eigenvalue weighted by atomic mass is 10.1. The van der Waals surface area contributed by atoms with E-state index in [1.165, 1.54) is 0 Å². The molecule has 1 heterocycles. The van der Waals surface area contributed by atoms with E-state index in [2.05, 4.69) is 26.1 Å². The van der Waals surface area contributed by atoms with E-state index in [-0.39, 0.29) is 5.91 Å². The van der Waals surface area contributed by atoms with Gasteiger partial charge in [0, 0.05) is 18.7 Å². The van der Waals surface area contributed by atoms with Gasteiger partial charge < -0.3 is 24.4 Å². The van der Waals surface area contributed by atoms with Crippen molar-refractivity contribution in [3.05, 3.63) is 45.4 Å². The number of rotatable bonds is 7. The number of para-hydroxylation sites is 1. The van der Waals surface area contributed by atoms with Gasteiger partial charge >= 0.3 is 0 Å². The maximum absolute atomic E-state index is 13.0. The second-order valence-electron chi connectivity index (χ2n) is 6.53. The quantitative estimate of drug-likeness (QED) is 0.601. The Kier molecular flexibility index (Phi) is 7.64. The first-order chi connectivity index (χ1) is 14.0. The Bertz CT molecular complexity index is 872. The maximum atomic E-state index is 13.0. The maximum Gasteiger partial charge on any atom is 0.255 e. The van der Waals surface area contributed by atoms with E-state index >= 15 is 0 Å². The smallest absolute Gasteiger partial charge is 0.255 e. The first-order valence-electron chi connectivity index (χ1n) is 9.48. The molecule has 1 aliphatic rings. The second-order valence-corrected chi connectivity index (χ2v) is 7.79. The molecule has 1 saturated heterocycles. The van der Waals surface area contributed by atoms with Crippen molar-refractivity contribution in [2.24, 2.45) is 0 Å². The summed E-state index contributed by atoms with van der Waals surface area (Å²) in [5, 5.41) is 3.57. The van der Waals surface area contributed by atoms with Crippen LogP contribution in [0.1, 0.15) is 23.7 Å². The number of morpholine rings is 1. The van der Waals surface area contributed by atoms with E-state index in [9.17, 15) is 4.79 Å². The molecule has 0 unspecified atom stereocenters. The zero-order valence-corrected chi connectivity index (χ0v) is 18.8. The van der Waals surface area contributed by atoms with Gasteiger partial charge in [-0.15, -0.1) is 0 Å². The molecule has 2 aromatic rings. The molecule has 0 aromatic heterocycles. The number of nitrogens with one attached hydrogen (secondary N) is 1. The van der Waals surface area contributed by atoms with Gasteiger partial charge in [-0.05, 0) is 46.6 Å². The highest BCUT2D eigenvalue weighted by Crippen LogP contribution is 2.38. The van der Waals surface area contributed by atoms with Crippen LogP contribution in [0.25, 0.3) is 0 Å². The van der Waals surface area contributed by atoms with Crippen LogP contribution in [0.4, 0.5) is 11.4 Å². The minimum Gasteiger partial charge on any atom is -0.493 e. The third-order valence-electron chi connectivity index (χ3n) is 4.50. The van der Waals surface area contributed by atoms with Crippen LogP contribution in [0, 0.1) is 0 Å². The van der Waals surface area contributed by atoms with Gasteiger partial charge in [-0.3, -0.25) is 4.79 Å². The molecule has 0 saturated carbocycles.